The van der Waals surface area contributed by atoms with Crippen molar-refractivity contribution >= 4 is 28.1 Å². The van der Waals surface area contributed by atoms with E-state index in [0.29, 0.717) is 5.56 Å². The van der Waals surface area contributed by atoms with Gasteiger partial charge in [-0.05, 0) is 42.3 Å². The lowest BCUT2D eigenvalue weighted by molar-refractivity contribution is -0.129. The van der Waals surface area contributed by atoms with Gasteiger partial charge in [0.1, 0.15) is 5.75 Å². The van der Waals surface area contributed by atoms with Crippen LogP contribution in [0.4, 0.5) is 0 Å². The maximum atomic E-state index is 12.0. The molecule has 6 nitrogen and oxygen atoms in total. The Bertz CT molecular complexity index is 988. The van der Waals surface area contributed by atoms with Crippen molar-refractivity contribution in [3.8, 4) is 5.75 Å². The zero-order chi connectivity index (χ0) is 18.0. The number of aryl methyl sites for hydroxylation is 1. The summed E-state index contributed by atoms with van der Waals surface area (Å²) < 4.78 is 32.2. The summed E-state index contributed by atoms with van der Waals surface area (Å²) in [5, 5.41) is 0. The molecule has 0 aliphatic carbocycles. The van der Waals surface area contributed by atoms with Crippen molar-refractivity contribution in [2.24, 2.45) is 4.99 Å². The number of ether oxygens (including phenoxy) is 1. The van der Waals surface area contributed by atoms with Crippen LogP contribution < -0.4 is 4.18 Å². The average molecular weight is 357 g/mol. The third-order valence-corrected chi connectivity index (χ3v) is 3.92. The second-order valence-corrected chi connectivity index (χ2v) is 7.08. The fourth-order valence-corrected chi connectivity index (χ4v) is 2.75. The van der Waals surface area contributed by atoms with Gasteiger partial charge in [0.05, 0.1) is 6.26 Å². The van der Waals surface area contributed by atoms with Crippen LogP contribution in [0.2, 0.25) is 0 Å². The molecule has 7 heteroatoms. The molecule has 0 unspecified atom stereocenters. The topological polar surface area (TPSA) is 82.0 Å². The van der Waals surface area contributed by atoms with Gasteiger partial charge >= 0.3 is 16.1 Å². The molecular weight excluding hydrogens is 342 g/mol. The standard InChI is InChI=1S/C18H15NO5S/c1-12-5-3-4-6-15(12)17-19-16(18(20)23-17)11-13-7-9-14(10-8-13)24-25(2,21)22/h3-11H,1-2H3. The van der Waals surface area contributed by atoms with Crippen molar-refractivity contribution in [1.29, 1.82) is 0 Å². The zero-order valence-electron chi connectivity index (χ0n) is 13.6. The summed E-state index contributed by atoms with van der Waals surface area (Å²) in [4.78, 5) is 16.3. The van der Waals surface area contributed by atoms with E-state index in [1.807, 2.05) is 31.2 Å². The van der Waals surface area contributed by atoms with Crippen LogP contribution in [0.25, 0.3) is 6.08 Å². The minimum atomic E-state index is -3.57. The van der Waals surface area contributed by atoms with Crippen LogP contribution in [0.15, 0.2) is 59.2 Å². The number of benzene rings is 2. The molecule has 0 saturated heterocycles. The molecule has 2 aromatic carbocycles. The third kappa shape index (κ3) is 4.13. The number of esters is 1. The van der Waals surface area contributed by atoms with Crippen molar-refractivity contribution in [2.75, 3.05) is 6.26 Å². The molecule has 0 spiro atoms. The van der Waals surface area contributed by atoms with Crippen LogP contribution in [0, 0.1) is 6.92 Å². The molecule has 2 aromatic rings. The maximum absolute atomic E-state index is 12.0. The van der Waals surface area contributed by atoms with Crippen LogP contribution in [-0.2, 0) is 19.6 Å². The molecule has 0 fully saturated rings. The maximum Gasteiger partial charge on any atom is 0.363 e. The lowest BCUT2D eigenvalue weighted by atomic mass is 10.1. The molecule has 0 bridgehead atoms. The van der Waals surface area contributed by atoms with Crippen LogP contribution in [0.1, 0.15) is 16.7 Å². The van der Waals surface area contributed by atoms with Crippen LogP contribution >= 0.6 is 0 Å². The summed E-state index contributed by atoms with van der Waals surface area (Å²) >= 11 is 0. The Morgan fingerprint density at radius 3 is 2.40 bits per heavy atom. The number of rotatable bonds is 4. The Morgan fingerprint density at radius 1 is 1.08 bits per heavy atom. The molecule has 0 amide bonds. The van der Waals surface area contributed by atoms with E-state index in [2.05, 4.69) is 4.99 Å². The van der Waals surface area contributed by atoms with E-state index in [9.17, 15) is 13.2 Å². The number of aliphatic imine (C=N–C) groups is 1. The Labute approximate surface area is 145 Å². The largest absolute Gasteiger partial charge is 0.402 e. The number of carbonyl (C=O) groups is 1. The summed E-state index contributed by atoms with van der Waals surface area (Å²) in [5.41, 5.74) is 2.56. The SMILES string of the molecule is Cc1ccccc1C1=NC(=Cc2ccc(OS(C)(=O)=O)cc2)C(=O)O1. The van der Waals surface area contributed by atoms with Gasteiger partial charge in [-0.1, -0.05) is 30.3 Å². The quantitative estimate of drug-likeness (QED) is 0.477. The molecule has 0 radical (unpaired) electrons. The lowest BCUT2D eigenvalue weighted by Crippen LogP contribution is -2.06. The van der Waals surface area contributed by atoms with E-state index in [1.165, 1.54) is 12.1 Å². The third-order valence-electron chi connectivity index (χ3n) is 3.43. The molecule has 1 heterocycles. The molecule has 0 aromatic heterocycles. The molecular formula is C18H15NO5S. The van der Waals surface area contributed by atoms with Crippen molar-refractivity contribution in [1.82, 2.24) is 0 Å². The highest BCUT2D eigenvalue weighted by atomic mass is 32.2. The summed E-state index contributed by atoms with van der Waals surface area (Å²) in [7, 11) is -3.57. The van der Waals surface area contributed by atoms with Gasteiger partial charge in [0.25, 0.3) is 0 Å². The fraction of sp³-hybridized carbons (Fsp3) is 0.111. The van der Waals surface area contributed by atoms with Gasteiger partial charge in [-0.25, -0.2) is 9.79 Å². The smallest absolute Gasteiger partial charge is 0.363 e. The summed E-state index contributed by atoms with van der Waals surface area (Å²) in [6.45, 7) is 1.91. The monoisotopic (exact) mass is 357 g/mol. The van der Waals surface area contributed by atoms with Gasteiger partial charge in [0.2, 0.25) is 5.90 Å². The van der Waals surface area contributed by atoms with Crippen molar-refractivity contribution in [3.63, 3.8) is 0 Å². The lowest BCUT2D eigenvalue weighted by Gasteiger charge is -2.02. The van der Waals surface area contributed by atoms with E-state index < -0.39 is 16.1 Å². The number of carbonyl (C=O) groups excluding carboxylic acids is 1. The van der Waals surface area contributed by atoms with Gasteiger partial charge < -0.3 is 8.92 Å². The van der Waals surface area contributed by atoms with E-state index in [1.54, 1.807) is 18.2 Å². The zero-order valence-corrected chi connectivity index (χ0v) is 14.4. The first kappa shape index (κ1) is 16.9. The predicted molar refractivity (Wildman–Crippen MR) is 93.7 cm³/mol. The number of cyclic esters (lactones) is 1. The average Bonchev–Trinajstić information content (AvgIpc) is 2.89. The number of hydrogen-bond acceptors (Lipinski definition) is 6. The highest BCUT2D eigenvalue weighted by Gasteiger charge is 2.24. The first-order valence-electron chi connectivity index (χ1n) is 7.40. The Hall–Kier alpha value is -2.93. The van der Waals surface area contributed by atoms with Gasteiger partial charge in [-0.2, -0.15) is 8.42 Å². The van der Waals surface area contributed by atoms with E-state index >= 15 is 0 Å². The minimum Gasteiger partial charge on any atom is -0.402 e. The number of hydrogen-bond donors (Lipinski definition) is 0. The van der Waals surface area contributed by atoms with Gasteiger partial charge in [0.15, 0.2) is 5.70 Å². The van der Waals surface area contributed by atoms with Gasteiger partial charge in [0, 0.05) is 5.56 Å². The predicted octanol–water partition coefficient (Wildman–Crippen LogP) is 2.68. The van der Waals surface area contributed by atoms with Gasteiger partial charge in [-0.15, -0.1) is 0 Å². The van der Waals surface area contributed by atoms with Crippen LogP contribution in [0.3, 0.4) is 0 Å². The van der Waals surface area contributed by atoms with E-state index in [4.69, 9.17) is 8.92 Å². The normalized spacial score (nSPS) is 15.8. The Morgan fingerprint density at radius 2 is 1.76 bits per heavy atom. The second-order valence-electron chi connectivity index (χ2n) is 5.51. The van der Waals surface area contributed by atoms with E-state index in [-0.39, 0.29) is 17.3 Å². The molecule has 25 heavy (non-hydrogen) atoms. The summed E-state index contributed by atoms with van der Waals surface area (Å²) in [6.07, 6.45) is 2.54. The minimum absolute atomic E-state index is 0.176. The Kier molecular flexibility index (Phi) is 4.41. The summed E-state index contributed by atoms with van der Waals surface area (Å²) in [6, 6.07) is 13.7. The molecule has 0 N–H and O–H groups in total. The molecule has 0 saturated carbocycles. The fourth-order valence-electron chi connectivity index (χ4n) is 2.29. The molecule has 1 aliphatic heterocycles. The highest BCUT2D eigenvalue weighted by molar-refractivity contribution is 7.86. The van der Waals surface area contributed by atoms with E-state index in [0.717, 1.165) is 17.4 Å². The van der Waals surface area contributed by atoms with Crippen molar-refractivity contribution in [2.45, 2.75) is 6.92 Å². The summed E-state index contributed by atoms with van der Waals surface area (Å²) in [5.74, 6) is -0.0659. The molecule has 1 aliphatic rings. The molecule has 3 rings (SSSR count). The first-order valence-corrected chi connectivity index (χ1v) is 9.21. The van der Waals surface area contributed by atoms with Crippen LogP contribution in [0.5, 0.6) is 5.75 Å². The second kappa shape index (κ2) is 6.52. The number of nitrogens with zero attached hydrogens (tertiary/aromatic N) is 1. The molecule has 128 valence electrons. The van der Waals surface area contributed by atoms with Gasteiger partial charge in [-0.3, -0.25) is 0 Å². The molecule has 0 atom stereocenters. The Balaban J connectivity index is 1.86. The van der Waals surface area contributed by atoms with Crippen LogP contribution in [-0.4, -0.2) is 26.5 Å². The first-order chi connectivity index (χ1) is 11.8. The van der Waals surface area contributed by atoms with Crippen molar-refractivity contribution < 1.29 is 22.1 Å². The van der Waals surface area contributed by atoms with Crippen molar-refractivity contribution in [3.05, 3.63) is 70.9 Å². The highest BCUT2D eigenvalue weighted by Crippen LogP contribution is 2.22.